The van der Waals surface area contributed by atoms with Gasteiger partial charge in [-0.3, -0.25) is 4.79 Å². The normalized spacial score (nSPS) is 17.9. The Kier molecular flexibility index (Phi) is 5.57. The Morgan fingerprint density at radius 3 is 2.50 bits per heavy atom. The van der Waals surface area contributed by atoms with E-state index < -0.39 is 5.54 Å². The summed E-state index contributed by atoms with van der Waals surface area (Å²) in [5.41, 5.74) is 0.617. The molecule has 0 saturated heterocycles. The second-order valence-electron chi connectivity index (χ2n) is 6.57. The van der Waals surface area contributed by atoms with Crippen LogP contribution in [0.5, 0.6) is 0 Å². The van der Waals surface area contributed by atoms with Gasteiger partial charge in [0.05, 0.1) is 6.07 Å². The van der Waals surface area contributed by atoms with Crippen molar-refractivity contribution in [3.63, 3.8) is 0 Å². The zero-order valence-corrected chi connectivity index (χ0v) is 13.5. The molecule has 1 aliphatic rings. The van der Waals surface area contributed by atoms with Crippen molar-refractivity contribution in [2.45, 2.75) is 51.1 Å². The van der Waals surface area contributed by atoms with E-state index in [4.69, 9.17) is 0 Å². The van der Waals surface area contributed by atoms with Crippen molar-refractivity contribution < 1.29 is 10.1 Å². The largest absolute Gasteiger partial charge is 0.333 e. The summed E-state index contributed by atoms with van der Waals surface area (Å²) in [6.07, 6.45) is 3.61. The van der Waals surface area contributed by atoms with Crippen molar-refractivity contribution in [3.05, 3.63) is 35.9 Å². The summed E-state index contributed by atoms with van der Waals surface area (Å²) in [4.78, 5) is 12.2. The number of quaternary nitrogens is 1. The zero-order chi connectivity index (χ0) is 16.0. The van der Waals surface area contributed by atoms with Gasteiger partial charge in [0.2, 0.25) is 0 Å². The zero-order valence-electron chi connectivity index (χ0n) is 13.5. The van der Waals surface area contributed by atoms with Gasteiger partial charge in [0, 0.05) is 11.5 Å². The first-order valence-electron chi connectivity index (χ1n) is 8.17. The first-order chi connectivity index (χ1) is 10.6. The van der Waals surface area contributed by atoms with E-state index in [2.05, 4.69) is 42.7 Å². The fraction of sp³-hybridized carbons (Fsp3) is 0.556. The molecule has 0 unspecified atom stereocenters. The number of nitrogens with one attached hydrogen (secondary N) is 1. The van der Waals surface area contributed by atoms with Gasteiger partial charge < -0.3 is 10.6 Å². The minimum Gasteiger partial charge on any atom is -0.333 e. The Morgan fingerprint density at radius 1 is 1.32 bits per heavy atom. The highest BCUT2D eigenvalue weighted by Crippen LogP contribution is 2.28. The maximum Gasteiger partial charge on any atom is 0.276 e. The van der Waals surface area contributed by atoms with Crippen LogP contribution in [0.25, 0.3) is 0 Å². The molecule has 4 heteroatoms. The summed E-state index contributed by atoms with van der Waals surface area (Å²) >= 11 is 0. The minimum absolute atomic E-state index is 0.0370. The monoisotopic (exact) mass is 300 g/mol. The van der Waals surface area contributed by atoms with E-state index in [0.29, 0.717) is 12.5 Å². The molecular weight excluding hydrogens is 274 g/mol. The molecule has 1 aliphatic carbocycles. The van der Waals surface area contributed by atoms with Crippen LogP contribution >= 0.6 is 0 Å². The number of amides is 1. The van der Waals surface area contributed by atoms with Crippen LogP contribution in [0.1, 0.15) is 51.1 Å². The smallest absolute Gasteiger partial charge is 0.276 e. The molecule has 4 nitrogen and oxygen atoms in total. The van der Waals surface area contributed by atoms with E-state index in [1.807, 2.05) is 18.2 Å². The van der Waals surface area contributed by atoms with E-state index >= 15 is 0 Å². The van der Waals surface area contributed by atoms with Crippen molar-refractivity contribution in [2.24, 2.45) is 5.92 Å². The minimum atomic E-state index is -0.620. The lowest BCUT2D eigenvalue weighted by molar-refractivity contribution is -0.692. The molecule has 0 heterocycles. The van der Waals surface area contributed by atoms with Crippen molar-refractivity contribution in [1.82, 2.24) is 5.32 Å². The van der Waals surface area contributed by atoms with Crippen LogP contribution in [0.2, 0.25) is 0 Å². The molecule has 1 atom stereocenters. The molecule has 1 fully saturated rings. The highest BCUT2D eigenvalue weighted by molar-refractivity contribution is 5.78. The van der Waals surface area contributed by atoms with E-state index in [0.717, 1.165) is 25.7 Å². The van der Waals surface area contributed by atoms with Gasteiger partial charge in [-0.2, -0.15) is 5.26 Å². The maximum atomic E-state index is 12.2. The first-order valence-corrected chi connectivity index (χ1v) is 8.17. The quantitative estimate of drug-likeness (QED) is 0.842. The number of nitrogens with zero attached hydrogens (tertiary/aromatic N) is 1. The lowest BCUT2D eigenvalue weighted by Crippen LogP contribution is -2.88. The molecule has 1 saturated carbocycles. The van der Waals surface area contributed by atoms with E-state index in [1.165, 1.54) is 5.56 Å². The van der Waals surface area contributed by atoms with E-state index in [-0.39, 0.29) is 11.9 Å². The number of hydrogen-bond donors (Lipinski definition) is 2. The molecule has 0 aliphatic heterocycles. The number of hydrogen-bond acceptors (Lipinski definition) is 2. The molecule has 0 spiro atoms. The Labute approximate surface area is 132 Å². The number of nitriles is 1. The van der Waals surface area contributed by atoms with Crippen molar-refractivity contribution in [3.8, 4) is 6.07 Å². The number of carbonyl (C=O) groups excluding carboxylic acids is 1. The van der Waals surface area contributed by atoms with Gasteiger partial charge in [0.15, 0.2) is 6.54 Å². The third-order valence-electron chi connectivity index (χ3n) is 4.51. The van der Waals surface area contributed by atoms with E-state index in [1.54, 1.807) is 0 Å². The Morgan fingerprint density at radius 2 is 1.95 bits per heavy atom. The van der Waals surface area contributed by atoms with Gasteiger partial charge in [0.25, 0.3) is 5.91 Å². The van der Waals surface area contributed by atoms with Crippen LogP contribution in [0.3, 0.4) is 0 Å². The SMILES string of the molecule is CC(C)[C@H]([NH2+]CC(=O)NC1(C#N)CCCC1)c1ccccc1. The molecule has 0 bridgehead atoms. The summed E-state index contributed by atoms with van der Waals surface area (Å²) in [6, 6.07) is 12.8. The van der Waals surface area contributed by atoms with Crippen molar-refractivity contribution in [2.75, 3.05) is 6.54 Å². The molecular formula is C18H26N3O+. The maximum absolute atomic E-state index is 12.2. The Hall–Kier alpha value is -1.86. The summed E-state index contributed by atoms with van der Waals surface area (Å²) in [7, 11) is 0. The Balaban J connectivity index is 1.93. The second kappa shape index (κ2) is 7.42. The topological polar surface area (TPSA) is 69.5 Å². The van der Waals surface area contributed by atoms with Crippen LogP contribution in [-0.2, 0) is 4.79 Å². The van der Waals surface area contributed by atoms with Gasteiger partial charge >= 0.3 is 0 Å². The molecule has 1 aromatic carbocycles. The van der Waals surface area contributed by atoms with Crippen LogP contribution < -0.4 is 10.6 Å². The molecule has 2 rings (SSSR count). The predicted molar refractivity (Wildman–Crippen MR) is 85.8 cm³/mol. The highest BCUT2D eigenvalue weighted by Gasteiger charge is 2.35. The average Bonchev–Trinajstić information content (AvgIpc) is 2.97. The fourth-order valence-electron chi connectivity index (χ4n) is 3.26. The molecule has 0 radical (unpaired) electrons. The molecule has 1 amide bonds. The third kappa shape index (κ3) is 4.08. The molecule has 1 aromatic rings. The van der Waals surface area contributed by atoms with E-state index in [9.17, 15) is 10.1 Å². The summed E-state index contributed by atoms with van der Waals surface area (Å²) in [6.45, 7) is 4.70. The van der Waals surface area contributed by atoms with Crippen molar-refractivity contribution in [1.29, 1.82) is 5.26 Å². The Bertz CT molecular complexity index is 527. The van der Waals surface area contributed by atoms with Gasteiger partial charge in [-0.25, -0.2) is 0 Å². The van der Waals surface area contributed by atoms with Gasteiger partial charge in [-0.15, -0.1) is 0 Å². The summed E-state index contributed by atoms with van der Waals surface area (Å²) < 4.78 is 0. The summed E-state index contributed by atoms with van der Waals surface area (Å²) in [5.74, 6) is 0.400. The lowest BCUT2D eigenvalue weighted by Gasteiger charge is -2.23. The lowest BCUT2D eigenvalue weighted by atomic mass is 9.96. The fourth-order valence-corrected chi connectivity index (χ4v) is 3.26. The number of carbonyl (C=O) groups is 1. The average molecular weight is 300 g/mol. The highest BCUT2D eigenvalue weighted by atomic mass is 16.2. The predicted octanol–water partition coefficient (Wildman–Crippen LogP) is 1.90. The molecule has 118 valence electrons. The van der Waals surface area contributed by atoms with Gasteiger partial charge in [-0.05, 0) is 25.7 Å². The second-order valence-corrected chi connectivity index (χ2v) is 6.57. The first kappa shape index (κ1) is 16.5. The molecule has 3 N–H and O–H groups in total. The van der Waals surface area contributed by atoms with Gasteiger partial charge in [-0.1, -0.05) is 44.2 Å². The standard InChI is InChI=1S/C18H25N3O/c1-14(2)17(15-8-4-3-5-9-15)20-12-16(22)21-18(13-19)10-6-7-11-18/h3-5,8-9,14,17,20H,6-7,10-12H2,1-2H3,(H,21,22)/p+1/t17-/m0/s1. The number of benzene rings is 1. The number of nitrogens with two attached hydrogens (primary N) is 1. The summed E-state index contributed by atoms with van der Waals surface area (Å²) in [5, 5.41) is 14.4. The van der Waals surface area contributed by atoms with Gasteiger partial charge in [0.1, 0.15) is 11.6 Å². The van der Waals surface area contributed by atoms with Crippen molar-refractivity contribution >= 4 is 5.91 Å². The van der Waals surface area contributed by atoms with Crippen LogP contribution in [0.4, 0.5) is 0 Å². The number of rotatable bonds is 6. The molecule has 22 heavy (non-hydrogen) atoms. The van der Waals surface area contributed by atoms with Crippen LogP contribution in [0.15, 0.2) is 30.3 Å². The molecule has 0 aromatic heterocycles. The van der Waals surface area contributed by atoms with Crippen LogP contribution in [-0.4, -0.2) is 18.0 Å². The third-order valence-corrected chi connectivity index (χ3v) is 4.51. The van der Waals surface area contributed by atoms with Crippen LogP contribution in [0, 0.1) is 17.2 Å².